The van der Waals surface area contributed by atoms with Gasteiger partial charge in [-0.3, -0.25) is 4.79 Å². The fraction of sp³-hybridized carbons (Fsp3) is 0.250. The van der Waals surface area contributed by atoms with Crippen molar-refractivity contribution >= 4 is 11.7 Å². The Labute approximate surface area is 89.8 Å². The summed E-state index contributed by atoms with van der Waals surface area (Å²) in [7, 11) is 1.39. The first kappa shape index (κ1) is 11.3. The van der Waals surface area contributed by atoms with Crippen LogP contribution in [0.2, 0.25) is 0 Å². The van der Waals surface area contributed by atoms with Crippen LogP contribution in [0.4, 0.5) is 5.69 Å². The van der Waals surface area contributed by atoms with E-state index in [9.17, 15) is 4.79 Å². The second-order valence-electron chi connectivity index (χ2n) is 3.12. The highest BCUT2D eigenvalue weighted by molar-refractivity contribution is 5.72. The summed E-state index contributed by atoms with van der Waals surface area (Å²) in [5.74, 6) is -0.226. The zero-order valence-corrected chi connectivity index (χ0v) is 8.82. The number of rotatable bonds is 5. The molecule has 0 fully saturated rings. The van der Waals surface area contributed by atoms with E-state index in [0.29, 0.717) is 13.0 Å². The molecule has 0 saturated carbocycles. The van der Waals surface area contributed by atoms with Crippen molar-refractivity contribution in [1.82, 2.24) is 0 Å². The number of nitrogens with one attached hydrogen (secondary N) is 1. The normalized spacial score (nSPS) is 9.40. The summed E-state index contributed by atoms with van der Waals surface area (Å²) in [5, 5.41) is 3.16. The van der Waals surface area contributed by atoms with Crippen molar-refractivity contribution in [2.24, 2.45) is 0 Å². The predicted molar refractivity (Wildman–Crippen MR) is 60.8 cm³/mol. The maximum absolute atomic E-state index is 11.0. The minimum absolute atomic E-state index is 0.226. The standard InChI is InChI=1S/C12H15NO2/c1-3-7-13-11-6-4-5-10(8-11)9-12(14)15-2/h3-6,8,13H,1,7,9H2,2H3. The van der Waals surface area contributed by atoms with E-state index >= 15 is 0 Å². The van der Waals surface area contributed by atoms with Crippen LogP contribution in [0.1, 0.15) is 5.56 Å². The van der Waals surface area contributed by atoms with Gasteiger partial charge in [0.1, 0.15) is 0 Å². The van der Waals surface area contributed by atoms with Gasteiger partial charge in [0.15, 0.2) is 0 Å². The van der Waals surface area contributed by atoms with E-state index in [1.807, 2.05) is 24.3 Å². The molecule has 3 nitrogen and oxygen atoms in total. The number of esters is 1. The van der Waals surface area contributed by atoms with Gasteiger partial charge in [0.25, 0.3) is 0 Å². The van der Waals surface area contributed by atoms with E-state index in [4.69, 9.17) is 0 Å². The largest absolute Gasteiger partial charge is 0.469 e. The first-order valence-electron chi connectivity index (χ1n) is 4.77. The molecule has 0 radical (unpaired) electrons. The molecular weight excluding hydrogens is 190 g/mol. The van der Waals surface area contributed by atoms with Gasteiger partial charge in [-0.15, -0.1) is 6.58 Å². The lowest BCUT2D eigenvalue weighted by Gasteiger charge is -2.05. The van der Waals surface area contributed by atoms with Gasteiger partial charge in [-0.05, 0) is 17.7 Å². The van der Waals surface area contributed by atoms with Crippen LogP contribution in [0.15, 0.2) is 36.9 Å². The Hall–Kier alpha value is -1.77. The third-order valence-corrected chi connectivity index (χ3v) is 1.95. The summed E-state index contributed by atoms with van der Waals surface area (Å²) in [4.78, 5) is 11.0. The highest BCUT2D eigenvalue weighted by Crippen LogP contribution is 2.11. The molecule has 0 heterocycles. The van der Waals surface area contributed by atoms with Gasteiger partial charge in [-0.1, -0.05) is 18.2 Å². The van der Waals surface area contributed by atoms with Crippen LogP contribution in [0.25, 0.3) is 0 Å². The summed E-state index contributed by atoms with van der Waals surface area (Å²) < 4.78 is 4.60. The van der Waals surface area contributed by atoms with Gasteiger partial charge in [0.05, 0.1) is 13.5 Å². The summed E-state index contributed by atoms with van der Waals surface area (Å²) in [6.45, 7) is 4.33. The van der Waals surface area contributed by atoms with Crippen LogP contribution in [-0.4, -0.2) is 19.6 Å². The maximum Gasteiger partial charge on any atom is 0.309 e. The van der Waals surface area contributed by atoms with Crippen molar-refractivity contribution in [2.75, 3.05) is 19.0 Å². The lowest BCUT2D eigenvalue weighted by molar-refractivity contribution is -0.139. The number of hydrogen-bond donors (Lipinski definition) is 1. The fourth-order valence-electron chi connectivity index (χ4n) is 1.22. The van der Waals surface area contributed by atoms with Gasteiger partial charge in [0, 0.05) is 12.2 Å². The molecule has 1 rings (SSSR count). The molecule has 0 aliphatic heterocycles. The van der Waals surface area contributed by atoms with Crippen molar-refractivity contribution in [3.63, 3.8) is 0 Å². The minimum atomic E-state index is -0.226. The molecule has 0 atom stereocenters. The minimum Gasteiger partial charge on any atom is -0.469 e. The predicted octanol–water partition coefficient (Wildman–Crippen LogP) is 2.00. The van der Waals surface area contributed by atoms with Crippen molar-refractivity contribution < 1.29 is 9.53 Å². The molecule has 3 heteroatoms. The smallest absolute Gasteiger partial charge is 0.309 e. The summed E-state index contributed by atoms with van der Waals surface area (Å²) in [6, 6.07) is 7.68. The Bertz CT molecular complexity index is 347. The van der Waals surface area contributed by atoms with Crippen LogP contribution >= 0.6 is 0 Å². The number of carbonyl (C=O) groups excluding carboxylic acids is 1. The quantitative estimate of drug-likeness (QED) is 0.590. The fourth-order valence-corrected chi connectivity index (χ4v) is 1.22. The number of methoxy groups -OCH3 is 1. The topological polar surface area (TPSA) is 38.3 Å². The molecular formula is C12H15NO2. The third kappa shape index (κ3) is 3.85. The molecule has 15 heavy (non-hydrogen) atoms. The zero-order valence-electron chi connectivity index (χ0n) is 8.82. The van der Waals surface area contributed by atoms with E-state index < -0.39 is 0 Å². The molecule has 1 N–H and O–H groups in total. The molecule has 1 aromatic carbocycles. The van der Waals surface area contributed by atoms with Crippen LogP contribution in [0, 0.1) is 0 Å². The Balaban J connectivity index is 2.65. The molecule has 0 aromatic heterocycles. The molecule has 0 aliphatic carbocycles. The van der Waals surface area contributed by atoms with E-state index in [1.54, 1.807) is 6.08 Å². The van der Waals surface area contributed by atoms with Crippen molar-refractivity contribution in [3.8, 4) is 0 Å². The van der Waals surface area contributed by atoms with E-state index in [-0.39, 0.29) is 5.97 Å². The lowest BCUT2D eigenvalue weighted by Crippen LogP contribution is -2.05. The van der Waals surface area contributed by atoms with E-state index in [2.05, 4.69) is 16.6 Å². The summed E-state index contributed by atoms with van der Waals surface area (Å²) in [6.07, 6.45) is 2.09. The monoisotopic (exact) mass is 205 g/mol. The highest BCUT2D eigenvalue weighted by atomic mass is 16.5. The van der Waals surface area contributed by atoms with Gasteiger partial charge >= 0.3 is 5.97 Å². The Kier molecular flexibility index (Phi) is 4.41. The average Bonchev–Trinajstić information content (AvgIpc) is 2.26. The molecule has 0 spiro atoms. The SMILES string of the molecule is C=CCNc1cccc(CC(=O)OC)c1. The maximum atomic E-state index is 11.0. The number of benzene rings is 1. The summed E-state index contributed by atoms with van der Waals surface area (Å²) >= 11 is 0. The molecule has 0 saturated heterocycles. The zero-order chi connectivity index (χ0) is 11.1. The van der Waals surface area contributed by atoms with Crippen molar-refractivity contribution in [1.29, 1.82) is 0 Å². The number of anilines is 1. The molecule has 0 amide bonds. The number of carbonyl (C=O) groups is 1. The molecule has 0 aliphatic rings. The van der Waals surface area contributed by atoms with Crippen LogP contribution in [-0.2, 0) is 16.0 Å². The highest BCUT2D eigenvalue weighted by Gasteiger charge is 2.02. The Morgan fingerprint density at radius 1 is 1.60 bits per heavy atom. The van der Waals surface area contributed by atoms with Gasteiger partial charge in [-0.2, -0.15) is 0 Å². The van der Waals surface area contributed by atoms with E-state index in [1.165, 1.54) is 7.11 Å². The first-order valence-corrected chi connectivity index (χ1v) is 4.77. The summed E-state index contributed by atoms with van der Waals surface area (Å²) in [5.41, 5.74) is 1.92. The van der Waals surface area contributed by atoms with E-state index in [0.717, 1.165) is 11.3 Å². The van der Waals surface area contributed by atoms with Crippen molar-refractivity contribution in [3.05, 3.63) is 42.5 Å². The molecule has 80 valence electrons. The second-order valence-corrected chi connectivity index (χ2v) is 3.12. The van der Waals surface area contributed by atoms with Crippen molar-refractivity contribution in [2.45, 2.75) is 6.42 Å². The lowest BCUT2D eigenvalue weighted by atomic mass is 10.1. The third-order valence-electron chi connectivity index (χ3n) is 1.95. The van der Waals surface area contributed by atoms with Crippen LogP contribution in [0.5, 0.6) is 0 Å². The Morgan fingerprint density at radius 3 is 3.07 bits per heavy atom. The average molecular weight is 205 g/mol. The first-order chi connectivity index (χ1) is 7.26. The van der Waals surface area contributed by atoms with Gasteiger partial charge < -0.3 is 10.1 Å². The van der Waals surface area contributed by atoms with Gasteiger partial charge in [0.2, 0.25) is 0 Å². The molecule has 0 bridgehead atoms. The second kappa shape index (κ2) is 5.86. The van der Waals surface area contributed by atoms with Crippen LogP contribution < -0.4 is 5.32 Å². The number of hydrogen-bond acceptors (Lipinski definition) is 3. The molecule has 0 unspecified atom stereocenters. The molecule has 1 aromatic rings. The van der Waals surface area contributed by atoms with Crippen LogP contribution in [0.3, 0.4) is 0 Å². The Morgan fingerprint density at radius 2 is 2.40 bits per heavy atom. The number of ether oxygens (including phenoxy) is 1. The van der Waals surface area contributed by atoms with Gasteiger partial charge in [-0.25, -0.2) is 0 Å².